The smallest absolute Gasteiger partial charge is 0.133 e. The van der Waals surface area contributed by atoms with Crippen molar-refractivity contribution in [2.45, 2.75) is 25.5 Å². The number of nitrogens with zero attached hydrogens (tertiary/aromatic N) is 2. The first kappa shape index (κ1) is 10.9. The van der Waals surface area contributed by atoms with Crippen molar-refractivity contribution in [1.29, 1.82) is 0 Å². The van der Waals surface area contributed by atoms with Gasteiger partial charge in [-0.05, 0) is 18.9 Å². The first-order valence-electron chi connectivity index (χ1n) is 5.25. The molecule has 1 aromatic heterocycles. The number of hydrogen-bond donors (Lipinski definition) is 1. The van der Waals surface area contributed by atoms with Gasteiger partial charge in [-0.1, -0.05) is 17.7 Å². The lowest BCUT2D eigenvalue weighted by atomic mass is 10.1. The lowest BCUT2D eigenvalue weighted by Gasteiger charge is -2.29. The van der Waals surface area contributed by atoms with Gasteiger partial charge in [-0.3, -0.25) is 4.90 Å². The number of hydrogen-bond acceptors (Lipinski definition) is 3. The second kappa shape index (κ2) is 4.92. The fourth-order valence-corrected chi connectivity index (χ4v) is 2.03. The van der Waals surface area contributed by atoms with Gasteiger partial charge >= 0.3 is 0 Å². The van der Waals surface area contributed by atoms with Gasteiger partial charge in [-0.25, -0.2) is 4.98 Å². The largest absolute Gasteiger partial charge is 0.393 e. The quantitative estimate of drug-likeness (QED) is 0.780. The lowest BCUT2D eigenvalue weighted by Crippen LogP contribution is -2.35. The molecule has 1 saturated heterocycles. The summed E-state index contributed by atoms with van der Waals surface area (Å²) in [6, 6.07) is 3.90. The molecule has 0 unspecified atom stereocenters. The molecule has 2 rings (SSSR count). The molecule has 15 heavy (non-hydrogen) atoms. The van der Waals surface area contributed by atoms with Crippen molar-refractivity contribution in [2.75, 3.05) is 13.1 Å². The minimum absolute atomic E-state index is 0.120. The molecule has 0 bridgehead atoms. The Morgan fingerprint density at radius 3 is 2.87 bits per heavy atom. The lowest BCUT2D eigenvalue weighted by molar-refractivity contribution is 0.0792. The topological polar surface area (TPSA) is 36.4 Å². The normalized spacial score (nSPS) is 19.3. The van der Waals surface area contributed by atoms with Gasteiger partial charge in [-0.2, -0.15) is 0 Å². The van der Waals surface area contributed by atoms with E-state index < -0.39 is 0 Å². The predicted octanol–water partition coefficient (Wildman–Crippen LogP) is 1.69. The highest BCUT2D eigenvalue weighted by Gasteiger charge is 2.17. The molecule has 1 N–H and O–H groups in total. The molecule has 1 aliphatic rings. The standard InChI is InChI=1S/C11H15ClN2O/c12-11-9(2-1-5-13-11)8-14-6-3-10(15)4-7-14/h1-2,5,10,15H,3-4,6-8H2. The number of likely N-dealkylation sites (tertiary alicyclic amines) is 1. The van der Waals surface area contributed by atoms with Crippen LogP contribution in [0, 0.1) is 0 Å². The average Bonchev–Trinajstić information content (AvgIpc) is 2.25. The number of aliphatic hydroxyl groups is 1. The van der Waals surface area contributed by atoms with E-state index in [1.54, 1.807) is 6.20 Å². The van der Waals surface area contributed by atoms with Crippen LogP contribution in [-0.2, 0) is 6.54 Å². The molecule has 0 aromatic carbocycles. The third-order valence-electron chi connectivity index (χ3n) is 2.79. The monoisotopic (exact) mass is 226 g/mol. The average molecular weight is 227 g/mol. The summed E-state index contributed by atoms with van der Waals surface area (Å²) in [6.07, 6.45) is 3.30. The van der Waals surface area contributed by atoms with Crippen LogP contribution in [0.15, 0.2) is 18.3 Å². The highest BCUT2D eigenvalue weighted by atomic mass is 35.5. The predicted molar refractivity (Wildman–Crippen MR) is 59.8 cm³/mol. The summed E-state index contributed by atoms with van der Waals surface area (Å²) in [5.41, 5.74) is 1.07. The van der Waals surface area contributed by atoms with Gasteiger partial charge in [-0.15, -0.1) is 0 Å². The van der Waals surface area contributed by atoms with Gasteiger partial charge in [0, 0.05) is 31.4 Å². The third-order valence-corrected chi connectivity index (χ3v) is 3.13. The molecule has 1 fully saturated rings. The Morgan fingerprint density at radius 1 is 1.47 bits per heavy atom. The van der Waals surface area contributed by atoms with Gasteiger partial charge in [0.1, 0.15) is 5.15 Å². The van der Waals surface area contributed by atoms with E-state index in [1.807, 2.05) is 12.1 Å². The number of halogens is 1. The van der Waals surface area contributed by atoms with E-state index in [-0.39, 0.29) is 6.10 Å². The van der Waals surface area contributed by atoms with E-state index in [0.29, 0.717) is 5.15 Å². The molecule has 2 heterocycles. The summed E-state index contributed by atoms with van der Waals surface area (Å²) >= 11 is 5.98. The number of aromatic nitrogens is 1. The highest BCUT2D eigenvalue weighted by molar-refractivity contribution is 6.30. The van der Waals surface area contributed by atoms with Crippen LogP contribution >= 0.6 is 11.6 Å². The van der Waals surface area contributed by atoms with Crippen molar-refractivity contribution in [1.82, 2.24) is 9.88 Å². The maximum absolute atomic E-state index is 9.38. The Balaban J connectivity index is 1.95. The fraction of sp³-hybridized carbons (Fsp3) is 0.545. The highest BCUT2D eigenvalue weighted by Crippen LogP contribution is 2.17. The minimum Gasteiger partial charge on any atom is -0.393 e. The van der Waals surface area contributed by atoms with Gasteiger partial charge in [0.15, 0.2) is 0 Å². The third kappa shape index (κ3) is 2.91. The molecule has 0 atom stereocenters. The number of aliphatic hydroxyl groups excluding tert-OH is 1. The second-order valence-electron chi connectivity index (χ2n) is 3.96. The maximum Gasteiger partial charge on any atom is 0.133 e. The Morgan fingerprint density at radius 2 is 2.20 bits per heavy atom. The van der Waals surface area contributed by atoms with E-state index in [1.165, 1.54) is 0 Å². The molecule has 0 spiro atoms. The Hall–Kier alpha value is -0.640. The van der Waals surface area contributed by atoms with Crippen molar-refractivity contribution < 1.29 is 5.11 Å². The molecule has 0 amide bonds. The van der Waals surface area contributed by atoms with Gasteiger partial charge in [0.25, 0.3) is 0 Å². The van der Waals surface area contributed by atoms with Crippen LogP contribution in [0.1, 0.15) is 18.4 Å². The van der Waals surface area contributed by atoms with Crippen molar-refractivity contribution in [2.24, 2.45) is 0 Å². The molecule has 4 heteroatoms. The van der Waals surface area contributed by atoms with Crippen LogP contribution in [0.25, 0.3) is 0 Å². The first-order chi connectivity index (χ1) is 7.25. The zero-order chi connectivity index (χ0) is 10.7. The molecule has 3 nitrogen and oxygen atoms in total. The molecule has 82 valence electrons. The van der Waals surface area contributed by atoms with Crippen LogP contribution in [0.5, 0.6) is 0 Å². The van der Waals surface area contributed by atoms with Gasteiger partial charge < -0.3 is 5.11 Å². The molecule has 1 aliphatic heterocycles. The molecule has 0 aliphatic carbocycles. The van der Waals surface area contributed by atoms with Gasteiger partial charge in [0.2, 0.25) is 0 Å². The summed E-state index contributed by atoms with van der Waals surface area (Å²) in [7, 11) is 0. The Kier molecular flexibility index (Phi) is 3.57. The van der Waals surface area contributed by atoms with E-state index >= 15 is 0 Å². The van der Waals surface area contributed by atoms with Crippen molar-refractivity contribution in [3.63, 3.8) is 0 Å². The molecule has 0 radical (unpaired) electrons. The van der Waals surface area contributed by atoms with Crippen molar-refractivity contribution in [3.8, 4) is 0 Å². The Labute approximate surface area is 94.7 Å². The summed E-state index contributed by atoms with van der Waals surface area (Å²) in [5.74, 6) is 0. The zero-order valence-electron chi connectivity index (χ0n) is 8.56. The number of piperidine rings is 1. The fourth-order valence-electron chi connectivity index (χ4n) is 1.86. The van der Waals surface area contributed by atoms with Crippen LogP contribution in [-0.4, -0.2) is 34.2 Å². The second-order valence-corrected chi connectivity index (χ2v) is 4.32. The summed E-state index contributed by atoms with van der Waals surface area (Å²) in [6.45, 7) is 2.71. The summed E-state index contributed by atoms with van der Waals surface area (Å²) in [4.78, 5) is 6.35. The van der Waals surface area contributed by atoms with E-state index in [2.05, 4.69) is 9.88 Å². The molecule has 1 aromatic rings. The summed E-state index contributed by atoms with van der Waals surface area (Å²) < 4.78 is 0. The number of rotatable bonds is 2. The van der Waals surface area contributed by atoms with Crippen LogP contribution in [0.3, 0.4) is 0 Å². The van der Waals surface area contributed by atoms with Crippen LogP contribution in [0.4, 0.5) is 0 Å². The van der Waals surface area contributed by atoms with Crippen molar-refractivity contribution in [3.05, 3.63) is 29.0 Å². The van der Waals surface area contributed by atoms with Crippen molar-refractivity contribution >= 4 is 11.6 Å². The van der Waals surface area contributed by atoms with Gasteiger partial charge in [0.05, 0.1) is 6.10 Å². The zero-order valence-corrected chi connectivity index (χ0v) is 9.32. The molecular formula is C11H15ClN2O. The molecular weight excluding hydrogens is 212 g/mol. The van der Waals surface area contributed by atoms with Crippen LogP contribution < -0.4 is 0 Å². The van der Waals surface area contributed by atoms with E-state index in [9.17, 15) is 5.11 Å². The first-order valence-corrected chi connectivity index (χ1v) is 5.63. The summed E-state index contributed by atoms with van der Waals surface area (Å²) in [5, 5.41) is 9.97. The Bertz CT molecular complexity index is 324. The van der Waals surface area contributed by atoms with E-state index in [4.69, 9.17) is 11.6 Å². The minimum atomic E-state index is -0.120. The molecule has 0 saturated carbocycles. The van der Waals surface area contributed by atoms with E-state index in [0.717, 1.165) is 38.0 Å². The number of pyridine rings is 1. The maximum atomic E-state index is 9.38. The SMILES string of the molecule is OC1CCN(Cc2cccnc2Cl)CC1. The van der Waals surface area contributed by atoms with Crippen LogP contribution in [0.2, 0.25) is 5.15 Å².